The van der Waals surface area contributed by atoms with E-state index in [-0.39, 0.29) is 0 Å². The Morgan fingerprint density at radius 1 is 1.35 bits per heavy atom. The van der Waals surface area contributed by atoms with Crippen LogP contribution in [0.15, 0.2) is 0 Å². The molecule has 1 aliphatic rings. The van der Waals surface area contributed by atoms with Crippen molar-refractivity contribution >= 4 is 0 Å². The van der Waals surface area contributed by atoms with E-state index in [1.165, 1.54) is 0 Å². The number of hydrogen-bond acceptors (Lipinski definition) is 2. The maximum Gasteiger partial charge on any atom is 0.0832 e. The lowest BCUT2D eigenvalue weighted by Crippen LogP contribution is -2.38. The van der Waals surface area contributed by atoms with Crippen molar-refractivity contribution in [2.75, 3.05) is 0 Å². The van der Waals surface area contributed by atoms with E-state index in [4.69, 9.17) is 0 Å². The molecule has 0 aromatic carbocycles. The molecule has 98 valence electrons. The predicted octanol–water partition coefficient (Wildman–Crippen LogP) is 3.89. The Balaban J connectivity index is 2.58. The Morgan fingerprint density at radius 2 is 1.94 bits per heavy atom. The van der Waals surface area contributed by atoms with Crippen LogP contribution in [0.5, 0.6) is 0 Å². The Hall–Kier alpha value is -0.550. The van der Waals surface area contributed by atoms with E-state index in [0.29, 0.717) is 5.92 Å². The molecule has 0 heterocycles. The summed E-state index contributed by atoms with van der Waals surface area (Å²) < 4.78 is 0. The van der Waals surface area contributed by atoms with Gasteiger partial charge >= 0.3 is 0 Å². The summed E-state index contributed by atoms with van der Waals surface area (Å²) in [6.07, 6.45) is 6.47. The van der Waals surface area contributed by atoms with Crippen molar-refractivity contribution in [2.45, 2.75) is 71.8 Å². The van der Waals surface area contributed by atoms with Crippen LogP contribution in [-0.4, -0.2) is 11.2 Å². The fourth-order valence-electron chi connectivity index (χ4n) is 3.02. The zero-order valence-electron chi connectivity index (χ0n) is 11.6. The smallest absolute Gasteiger partial charge is 0.0832 e. The third-order valence-electron chi connectivity index (χ3n) is 4.56. The standard InChI is InChI=1S/C15H27NO/c1-4-5-6-14(17)15(11-16)9-7-13(8-10-15)12(2)3/h12-14,17H,4-10H2,1-3H3. The summed E-state index contributed by atoms with van der Waals surface area (Å²) in [6.45, 7) is 6.65. The molecule has 0 radical (unpaired) electrons. The Morgan fingerprint density at radius 3 is 2.35 bits per heavy atom. The first-order valence-corrected chi connectivity index (χ1v) is 7.15. The lowest BCUT2D eigenvalue weighted by Gasteiger charge is -2.39. The van der Waals surface area contributed by atoms with Crippen molar-refractivity contribution in [3.8, 4) is 6.07 Å². The number of rotatable bonds is 5. The van der Waals surface area contributed by atoms with Crippen molar-refractivity contribution in [3.63, 3.8) is 0 Å². The minimum Gasteiger partial charge on any atom is -0.391 e. The first kappa shape index (κ1) is 14.5. The summed E-state index contributed by atoms with van der Waals surface area (Å²) in [5.41, 5.74) is -0.444. The maximum atomic E-state index is 10.3. The van der Waals surface area contributed by atoms with E-state index in [2.05, 4.69) is 26.8 Å². The van der Waals surface area contributed by atoms with Crippen molar-refractivity contribution in [1.29, 1.82) is 5.26 Å². The molecule has 2 nitrogen and oxygen atoms in total. The lowest BCUT2D eigenvalue weighted by molar-refractivity contribution is 0.0137. The van der Waals surface area contributed by atoms with Crippen molar-refractivity contribution in [3.05, 3.63) is 0 Å². The van der Waals surface area contributed by atoms with Gasteiger partial charge in [-0.05, 0) is 43.9 Å². The minimum absolute atomic E-state index is 0.416. The number of aliphatic hydroxyl groups is 1. The van der Waals surface area contributed by atoms with Crippen molar-refractivity contribution in [1.82, 2.24) is 0 Å². The van der Waals surface area contributed by atoms with E-state index in [1.807, 2.05) is 0 Å². The topological polar surface area (TPSA) is 44.0 Å². The van der Waals surface area contributed by atoms with Gasteiger partial charge < -0.3 is 5.11 Å². The van der Waals surface area contributed by atoms with E-state index in [0.717, 1.165) is 50.9 Å². The second kappa shape index (κ2) is 6.40. The predicted molar refractivity (Wildman–Crippen MR) is 70.4 cm³/mol. The van der Waals surface area contributed by atoms with Gasteiger partial charge in [0.2, 0.25) is 0 Å². The molecule has 0 saturated heterocycles. The zero-order valence-corrected chi connectivity index (χ0v) is 11.6. The molecule has 1 aliphatic carbocycles. The van der Waals surface area contributed by atoms with Gasteiger partial charge in [0.15, 0.2) is 0 Å². The van der Waals surface area contributed by atoms with Gasteiger partial charge in [-0.15, -0.1) is 0 Å². The molecule has 1 N–H and O–H groups in total. The van der Waals surface area contributed by atoms with E-state index >= 15 is 0 Å². The van der Waals surface area contributed by atoms with E-state index in [1.54, 1.807) is 0 Å². The van der Waals surface area contributed by atoms with E-state index in [9.17, 15) is 10.4 Å². The second-order valence-corrected chi connectivity index (χ2v) is 6.01. The molecular weight excluding hydrogens is 210 g/mol. The molecule has 0 spiro atoms. The van der Waals surface area contributed by atoms with Crippen LogP contribution in [0.1, 0.15) is 65.7 Å². The average Bonchev–Trinajstić information content (AvgIpc) is 2.35. The van der Waals surface area contributed by atoms with Gasteiger partial charge in [-0.3, -0.25) is 0 Å². The summed E-state index contributed by atoms with van der Waals surface area (Å²) >= 11 is 0. The Kier molecular flexibility index (Phi) is 5.46. The van der Waals surface area contributed by atoms with Crippen molar-refractivity contribution < 1.29 is 5.11 Å². The summed E-state index contributed by atoms with van der Waals surface area (Å²) in [7, 11) is 0. The molecule has 0 aliphatic heterocycles. The summed E-state index contributed by atoms with van der Waals surface area (Å²) in [6, 6.07) is 2.44. The van der Waals surface area contributed by atoms with Crippen LogP contribution in [0.3, 0.4) is 0 Å². The molecule has 1 atom stereocenters. The number of nitriles is 1. The number of unbranched alkanes of at least 4 members (excludes halogenated alkanes) is 1. The van der Waals surface area contributed by atoms with Gasteiger partial charge in [0.05, 0.1) is 17.6 Å². The van der Waals surface area contributed by atoms with Gasteiger partial charge in [0.25, 0.3) is 0 Å². The van der Waals surface area contributed by atoms with Crippen LogP contribution < -0.4 is 0 Å². The monoisotopic (exact) mass is 237 g/mol. The second-order valence-electron chi connectivity index (χ2n) is 6.01. The van der Waals surface area contributed by atoms with Crippen LogP contribution in [0.4, 0.5) is 0 Å². The number of aliphatic hydroxyl groups excluding tert-OH is 1. The number of hydrogen-bond donors (Lipinski definition) is 1. The SMILES string of the molecule is CCCCC(O)C1(C#N)CCC(C(C)C)CC1. The van der Waals surface area contributed by atoms with Gasteiger partial charge in [0, 0.05) is 0 Å². The normalized spacial score (nSPS) is 31.2. The first-order chi connectivity index (χ1) is 8.05. The van der Waals surface area contributed by atoms with Gasteiger partial charge in [-0.1, -0.05) is 33.6 Å². The molecule has 0 bridgehead atoms. The molecule has 0 aromatic heterocycles. The third kappa shape index (κ3) is 3.45. The Bertz CT molecular complexity index is 259. The molecule has 1 rings (SSSR count). The quantitative estimate of drug-likeness (QED) is 0.788. The molecule has 0 amide bonds. The molecule has 1 unspecified atom stereocenters. The van der Waals surface area contributed by atoms with Gasteiger partial charge in [-0.2, -0.15) is 5.26 Å². The molecule has 1 saturated carbocycles. The summed E-state index contributed by atoms with van der Waals surface area (Å²) in [5.74, 6) is 1.45. The zero-order chi connectivity index (χ0) is 12.9. The van der Waals surface area contributed by atoms with Crippen LogP contribution in [0.25, 0.3) is 0 Å². The molecule has 1 fully saturated rings. The lowest BCUT2D eigenvalue weighted by atomic mass is 9.65. The average molecular weight is 237 g/mol. The maximum absolute atomic E-state index is 10.3. The fourth-order valence-corrected chi connectivity index (χ4v) is 3.02. The number of nitrogens with zero attached hydrogens (tertiary/aromatic N) is 1. The molecule has 0 aromatic rings. The summed E-state index contributed by atoms with van der Waals surface area (Å²) in [5, 5.41) is 19.7. The van der Waals surface area contributed by atoms with Crippen LogP contribution in [0, 0.1) is 28.6 Å². The fraction of sp³-hybridized carbons (Fsp3) is 0.933. The van der Waals surface area contributed by atoms with Crippen LogP contribution >= 0.6 is 0 Å². The molecular formula is C15H27NO. The van der Waals surface area contributed by atoms with Crippen molar-refractivity contribution in [2.24, 2.45) is 17.3 Å². The third-order valence-corrected chi connectivity index (χ3v) is 4.56. The molecule has 17 heavy (non-hydrogen) atoms. The first-order valence-electron chi connectivity index (χ1n) is 7.15. The highest BCUT2D eigenvalue weighted by Crippen LogP contribution is 2.44. The highest BCUT2D eigenvalue weighted by Gasteiger charge is 2.41. The summed E-state index contributed by atoms with van der Waals surface area (Å²) in [4.78, 5) is 0. The highest BCUT2D eigenvalue weighted by atomic mass is 16.3. The van der Waals surface area contributed by atoms with Crippen LogP contribution in [0.2, 0.25) is 0 Å². The van der Waals surface area contributed by atoms with Crippen LogP contribution in [-0.2, 0) is 0 Å². The largest absolute Gasteiger partial charge is 0.391 e. The Labute approximate surface area is 106 Å². The molecule has 2 heteroatoms. The van der Waals surface area contributed by atoms with E-state index < -0.39 is 11.5 Å². The highest BCUT2D eigenvalue weighted by molar-refractivity contribution is 5.06. The minimum atomic E-state index is -0.444. The van der Waals surface area contributed by atoms with Gasteiger partial charge in [0.1, 0.15) is 0 Å². The van der Waals surface area contributed by atoms with Gasteiger partial charge in [-0.25, -0.2) is 0 Å².